The van der Waals surface area contributed by atoms with Crippen LogP contribution in [-0.4, -0.2) is 28.9 Å². The number of carbonyl (C=O) groups is 2. The molecule has 0 radical (unpaired) electrons. The summed E-state index contributed by atoms with van der Waals surface area (Å²) in [7, 11) is 1.48. The summed E-state index contributed by atoms with van der Waals surface area (Å²) in [5, 5.41) is 21.5. The smallest absolute Gasteiger partial charge is 0.201 e. The molecular weight excluding hydrogens is 320 g/mol. The summed E-state index contributed by atoms with van der Waals surface area (Å²) < 4.78 is 5.31. The summed E-state index contributed by atoms with van der Waals surface area (Å²) in [6.45, 7) is 2.07. The van der Waals surface area contributed by atoms with Gasteiger partial charge in [0, 0.05) is 23.1 Å². The van der Waals surface area contributed by atoms with E-state index in [0.717, 1.165) is 6.42 Å². The van der Waals surface area contributed by atoms with Crippen molar-refractivity contribution in [2.24, 2.45) is 5.92 Å². The largest absolute Gasteiger partial charge is 0.507 e. The molecule has 3 aliphatic rings. The minimum Gasteiger partial charge on any atom is -0.507 e. The molecule has 0 aromatic heterocycles. The third-order valence-corrected chi connectivity index (χ3v) is 5.54. The molecule has 0 saturated heterocycles. The first-order valence-corrected chi connectivity index (χ1v) is 8.62. The fraction of sp³-hybridized carbons (Fsp3) is 0.400. The molecule has 0 spiro atoms. The molecule has 3 aliphatic carbocycles. The van der Waals surface area contributed by atoms with Crippen molar-refractivity contribution in [1.82, 2.24) is 0 Å². The predicted molar refractivity (Wildman–Crippen MR) is 91.0 cm³/mol. The summed E-state index contributed by atoms with van der Waals surface area (Å²) in [5.74, 6) is -0.321. The Morgan fingerprint density at radius 1 is 1.04 bits per heavy atom. The SMILES string of the molecule is COC1=C2C(=O)c3c(O)c4c(c(O)c3C(=O)C2=CCC1)CC(C)CC4. The molecule has 1 unspecified atom stereocenters. The van der Waals surface area contributed by atoms with Crippen LogP contribution in [0.1, 0.15) is 58.0 Å². The number of hydrogen-bond acceptors (Lipinski definition) is 5. The van der Waals surface area contributed by atoms with Crippen LogP contribution >= 0.6 is 0 Å². The van der Waals surface area contributed by atoms with E-state index in [1.54, 1.807) is 6.08 Å². The molecule has 2 N–H and O–H groups in total. The quantitative estimate of drug-likeness (QED) is 0.767. The summed E-state index contributed by atoms with van der Waals surface area (Å²) in [6, 6.07) is 0. The Hall–Kier alpha value is -2.56. The lowest BCUT2D eigenvalue weighted by Gasteiger charge is -2.30. The highest BCUT2D eigenvalue weighted by molar-refractivity contribution is 6.33. The maximum absolute atomic E-state index is 13.1. The second-order valence-electron chi connectivity index (χ2n) is 7.07. The second kappa shape index (κ2) is 5.48. The second-order valence-corrected chi connectivity index (χ2v) is 7.07. The Bertz CT molecular complexity index is 888. The van der Waals surface area contributed by atoms with Crippen molar-refractivity contribution in [1.29, 1.82) is 0 Å². The molecule has 130 valence electrons. The van der Waals surface area contributed by atoms with E-state index in [1.807, 2.05) is 0 Å². The standard InChI is InChI=1S/C20H20O5/c1-9-6-7-10-12(8-9)19(23)15-16(17(10)21)20(24)14-11(18(15)22)4-3-5-13(14)25-2/h4,9,21,23H,3,5-8H2,1-2H3. The Kier molecular flexibility index (Phi) is 3.49. The minimum atomic E-state index is -0.438. The van der Waals surface area contributed by atoms with Gasteiger partial charge in [0.1, 0.15) is 17.3 Å². The van der Waals surface area contributed by atoms with Crippen LogP contribution in [0.15, 0.2) is 23.0 Å². The number of Topliss-reactive ketones (excluding diaryl/α,β-unsaturated/α-hetero) is 2. The van der Waals surface area contributed by atoms with Crippen molar-refractivity contribution in [3.8, 4) is 11.5 Å². The molecule has 0 heterocycles. The van der Waals surface area contributed by atoms with Crippen LogP contribution in [0.2, 0.25) is 0 Å². The lowest BCUT2D eigenvalue weighted by atomic mass is 9.73. The normalized spacial score (nSPS) is 22.2. The zero-order valence-corrected chi connectivity index (χ0v) is 14.3. The fourth-order valence-corrected chi connectivity index (χ4v) is 4.24. The summed E-state index contributed by atoms with van der Waals surface area (Å²) >= 11 is 0. The molecule has 0 amide bonds. The topological polar surface area (TPSA) is 83.8 Å². The molecule has 5 heteroatoms. The van der Waals surface area contributed by atoms with Gasteiger partial charge < -0.3 is 14.9 Å². The van der Waals surface area contributed by atoms with Gasteiger partial charge in [-0.25, -0.2) is 0 Å². The van der Waals surface area contributed by atoms with E-state index < -0.39 is 11.6 Å². The number of fused-ring (bicyclic) bond motifs is 3. The van der Waals surface area contributed by atoms with Crippen LogP contribution in [0, 0.1) is 5.92 Å². The van der Waals surface area contributed by atoms with Gasteiger partial charge in [-0.15, -0.1) is 0 Å². The summed E-state index contributed by atoms with van der Waals surface area (Å²) in [6.07, 6.45) is 4.92. The zero-order chi connectivity index (χ0) is 17.9. The Balaban J connectivity index is 2.04. The van der Waals surface area contributed by atoms with E-state index in [0.29, 0.717) is 48.5 Å². The Morgan fingerprint density at radius 2 is 1.72 bits per heavy atom. The molecule has 1 aromatic carbocycles. The number of aromatic hydroxyl groups is 2. The number of ketones is 2. The Labute approximate surface area is 145 Å². The molecule has 0 saturated carbocycles. The summed E-state index contributed by atoms with van der Waals surface area (Å²) in [4.78, 5) is 26.1. The van der Waals surface area contributed by atoms with Gasteiger partial charge >= 0.3 is 0 Å². The molecule has 0 bridgehead atoms. The van der Waals surface area contributed by atoms with E-state index in [4.69, 9.17) is 4.74 Å². The highest BCUT2D eigenvalue weighted by Gasteiger charge is 2.42. The fourth-order valence-electron chi connectivity index (χ4n) is 4.24. The minimum absolute atomic E-state index is 0.0531. The molecule has 1 aromatic rings. The number of benzene rings is 1. The lowest BCUT2D eigenvalue weighted by Crippen LogP contribution is -2.28. The number of methoxy groups -OCH3 is 1. The summed E-state index contributed by atoms with van der Waals surface area (Å²) in [5.41, 5.74) is 1.58. The van der Waals surface area contributed by atoms with Crippen molar-refractivity contribution in [3.05, 3.63) is 45.2 Å². The van der Waals surface area contributed by atoms with E-state index in [1.165, 1.54) is 7.11 Å². The first-order valence-electron chi connectivity index (χ1n) is 8.62. The van der Waals surface area contributed by atoms with E-state index in [9.17, 15) is 19.8 Å². The van der Waals surface area contributed by atoms with Crippen LogP contribution in [0.4, 0.5) is 0 Å². The number of allylic oxidation sites excluding steroid dienone is 4. The maximum Gasteiger partial charge on any atom is 0.201 e. The van der Waals surface area contributed by atoms with Crippen molar-refractivity contribution < 1.29 is 24.5 Å². The van der Waals surface area contributed by atoms with Crippen molar-refractivity contribution in [3.63, 3.8) is 0 Å². The molecule has 5 nitrogen and oxygen atoms in total. The van der Waals surface area contributed by atoms with E-state index in [2.05, 4.69) is 6.92 Å². The van der Waals surface area contributed by atoms with Gasteiger partial charge in [0.2, 0.25) is 5.78 Å². The number of phenolic OH excluding ortho intramolecular Hbond substituents is 2. The van der Waals surface area contributed by atoms with Gasteiger partial charge in [-0.2, -0.15) is 0 Å². The molecular formula is C20H20O5. The number of rotatable bonds is 1. The average molecular weight is 340 g/mol. The third-order valence-electron chi connectivity index (χ3n) is 5.54. The molecule has 4 rings (SSSR count). The van der Waals surface area contributed by atoms with Gasteiger partial charge in [0.05, 0.1) is 23.8 Å². The number of hydrogen-bond donors (Lipinski definition) is 2. The van der Waals surface area contributed by atoms with Crippen molar-refractivity contribution in [2.45, 2.75) is 39.0 Å². The Morgan fingerprint density at radius 3 is 2.44 bits per heavy atom. The lowest BCUT2D eigenvalue weighted by molar-refractivity contribution is 0.0957. The van der Waals surface area contributed by atoms with Gasteiger partial charge in [0.15, 0.2) is 5.78 Å². The van der Waals surface area contributed by atoms with Crippen LogP contribution in [0.3, 0.4) is 0 Å². The van der Waals surface area contributed by atoms with Crippen LogP contribution in [-0.2, 0) is 17.6 Å². The molecule has 25 heavy (non-hydrogen) atoms. The highest BCUT2D eigenvalue weighted by atomic mass is 16.5. The molecule has 0 fully saturated rings. The first kappa shape index (κ1) is 15.9. The van der Waals surface area contributed by atoms with E-state index in [-0.39, 0.29) is 33.8 Å². The number of carbonyl (C=O) groups excluding carboxylic acids is 2. The van der Waals surface area contributed by atoms with E-state index >= 15 is 0 Å². The monoisotopic (exact) mass is 340 g/mol. The van der Waals surface area contributed by atoms with Crippen LogP contribution < -0.4 is 0 Å². The average Bonchev–Trinajstić information content (AvgIpc) is 2.61. The molecule has 0 aliphatic heterocycles. The highest BCUT2D eigenvalue weighted by Crippen LogP contribution is 2.48. The number of ether oxygens (including phenoxy) is 1. The number of phenols is 2. The zero-order valence-electron chi connectivity index (χ0n) is 14.3. The maximum atomic E-state index is 13.1. The molecule has 1 atom stereocenters. The third kappa shape index (κ3) is 2.08. The van der Waals surface area contributed by atoms with Crippen molar-refractivity contribution >= 4 is 11.6 Å². The van der Waals surface area contributed by atoms with Crippen LogP contribution in [0.25, 0.3) is 0 Å². The van der Waals surface area contributed by atoms with Gasteiger partial charge in [-0.05, 0) is 31.6 Å². The van der Waals surface area contributed by atoms with Crippen molar-refractivity contribution in [2.75, 3.05) is 7.11 Å². The predicted octanol–water partition coefficient (Wildman–Crippen LogP) is 3.22. The van der Waals surface area contributed by atoms with Gasteiger partial charge in [-0.3, -0.25) is 9.59 Å². The van der Waals surface area contributed by atoms with Gasteiger partial charge in [0.25, 0.3) is 0 Å². The first-order chi connectivity index (χ1) is 12.0. The van der Waals surface area contributed by atoms with Crippen LogP contribution in [0.5, 0.6) is 11.5 Å². The van der Waals surface area contributed by atoms with Gasteiger partial charge in [-0.1, -0.05) is 13.0 Å².